The fourth-order valence-electron chi connectivity index (χ4n) is 2.82. The highest BCUT2D eigenvalue weighted by molar-refractivity contribution is 6.43. The first-order chi connectivity index (χ1) is 11.6. The van der Waals surface area contributed by atoms with E-state index in [0.717, 1.165) is 12.1 Å². The van der Waals surface area contributed by atoms with Crippen LogP contribution in [0.1, 0.15) is 18.1 Å². The number of carbonyl (C=O) groups excluding carboxylic acids is 1. The van der Waals surface area contributed by atoms with Gasteiger partial charge in [0.05, 0.1) is 16.3 Å². The van der Waals surface area contributed by atoms with Gasteiger partial charge in [-0.25, -0.2) is 0 Å². The Hall–Kier alpha value is -2.04. The Morgan fingerprint density at radius 2 is 2.08 bits per heavy atom. The molecule has 0 radical (unpaired) electrons. The van der Waals surface area contributed by atoms with Crippen molar-refractivity contribution in [3.05, 3.63) is 63.6 Å². The number of rotatable bonds is 4. The molecule has 0 saturated heterocycles. The Morgan fingerprint density at radius 1 is 1.29 bits per heavy atom. The standard InChI is InChI=1S/C18H16Cl2N2O2/c1-12-9-13-5-2-3-8-16(13)22(12)17(23)11-24-21-10-14-6-4-7-15(19)18(14)20/h2-8,10,12H,9,11H2,1H3/b21-10-/t12-/m0/s1. The quantitative estimate of drug-likeness (QED) is 0.600. The molecule has 124 valence electrons. The highest BCUT2D eigenvalue weighted by Gasteiger charge is 2.30. The van der Waals surface area contributed by atoms with E-state index in [1.54, 1.807) is 23.1 Å². The number of anilines is 1. The topological polar surface area (TPSA) is 41.9 Å². The Kier molecular flexibility index (Phi) is 5.07. The second-order valence-corrected chi connectivity index (χ2v) is 6.38. The molecule has 0 spiro atoms. The van der Waals surface area contributed by atoms with Gasteiger partial charge < -0.3 is 9.74 Å². The Bertz CT molecular complexity index is 792. The van der Waals surface area contributed by atoms with Gasteiger partial charge in [0.1, 0.15) is 0 Å². The minimum absolute atomic E-state index is 0.116. The molecular formula is C18H16Cl2N2O2. The summed E-state index contributed by atoms with van der Waals surface area (Å²) in [6.45, 7) is 1.89. The van der Waals surface area contributed by atoms with Gasteiger partial charge in [-0.15, -0.1) is 0 Å². The minimum Gasteiger partial charge on any atom is -0.386 e. The van der Waals surface area contributed by atoms with Gasteiger partial charge in [0.15, 0.2) is 6.61 Å². The summed E-state index contributed by atoms with van der Waals surface area (Å²) in [4.78, 5) is 19.3. The van der Waals surface area contributed by atoms with Crippen molar-refractivity contribution in [2.24, 2.45) is 5.16 Å². The SMILES string of the molecule is C[C@H]1Cc2ccccc2N1C(=O)CO/N=C\c1cccc(Cl)c1Cl. The van der Waals surface area contributed by atoms with Crippen LogP contribution < -0.4 is 4.90 Å². The molecule has 0 N–H and O–H groups in total. The lowest BCUT2D eigenvalue weighted by atomic mass is 10.1. The molecule has 0 bridgehead atoms. The third kappa shape index (κ3) is 3.40. The van der Waals surface area contributed by atoms with Crippen molar-refractivity contribution < 1.29 is 9.63 Å². The molecule has 2 aromatic carbocycles. The average molecular weight is 363 g/mol. The van der Waals surface area contributed by atoms with Crippen LogP contribution in [0.5, 0.6) is 0 Å². The van der Waals surface area contributed by atoms with Gasteiger partial charge in [0, 0.05) is 17.3 Å². The summed E-state index contributed by atoms with van der Waals surface area (Å²) < 4.78 is 0. The van der Waals surface area contributed by atoms with Crippen molar-refractivity contribution in [3.63, 3.8) is 0 Å². The van der Waals surface area contributed by atoms with Gasteiger partial charge in [-0.3, -0.25) is 4.79 Å². The number of para-hydroxylation sites is 1. The highest BCUT2D eigenvalue weighted by Crippen LogP contribution is 2.31. The molecule has 24 heavy (non-hydrogen) atoms. The third-order valence-electron chi connectivity index (χ3n) is 3.91. The van der Waals surface area contributed by atoms with Gasteiger partial charge in [-0.05, 0) is 31.0 Å². The molecule has 0 aromatic heterocycles. The summed E-state index contributed by atoms with van der Waals surface area (Å²) >= 11 is 12.0. The zero-order valence-electron chi connectivity index (χ0n) is 13.1. The number of amides is 1. The van der Waals surface area contributed by atoms with Crippen LogP contribution in [0.4, 0.5) is 5.69 Å². The van der Waals surface area contributed by atoms with E-state index in [2.05, 4.69) is 5.16 Å². The number of hydrogen-bond acceptors (Lipinski definition) is 3. The maximum atomic E-state index is 12.4. The number of oxime groups is 1. The van der Waals surface area contributed by atoms with Crippen molar-refractivity contribution in [3.8, 4) is 0 Å². The summed E-state index contributed by atoms with van der Waals surface area (Å²) in [7, 11) is 0. The monoisotopic (exact) mass is 362 g/mol. The van der Waals surface area contributed by atoms with Crippen LogP contribution in [-0.4, -0.2) is 24.8 Å². The van der Waals surface area contributed by atoms with Crippen molar-refractivity contribution >= 4 is 41.0 Å². The molecule has 1 aliphatic heterocycles. The van der Waals surface area contributed by atoms with Crippen molar-refractivity contribution in [2.75, 3.05) is 11.5 Å². The van der Waals surface area contributed by atoms with E-state index < -0.39 is 0 Å². The summed E-state index contributed by atoms with van der Waals surface area (Å²) in [6.07, 6.45) is 2.30. The van der Waals surface area contributed by atoms with Crippen LogP contribution in [-0.2, 0) is 16.1 Å². The van der Waals surface area contributed by atoms with Crippen LogP contribution in [0.25, 0.3) is 0 Å². The summed E-state index contributed by atoms with van der Waals surface area (Å²) in [5.74, 6) is -0.123. The second kappa shape index (κ2) is 7.24. The van der Waals surface area contributed by atoms with Gasteiger partial charge in [0.2, 0.25) is 0 Å². The summed E-state index contributed by atoms with van der Waals surface area (Å²) in [5.41, 5.74) is 2.75. The largest absolute Gasteiger partial charge is 0.386 e. The fourth-order valence-corrected chi connectivity index (χ4v) is 3.18. The Morgan fingerprint density at radius 3 is 2.92 bits per heavy atom. The van der Waals surface area contributed by atoms with Gasteiger partial charge in [-0.1, -0.05) is 58.7 Å². The highest BCUT2D eigenvalue weighted by atomic mass is 35.5. The van der Waals surface area contributed by atoms with E-state index in [0.29, 0.717) is 15.6 Å². The van der Waals surface area contributed by atoms with E-state index in [1.165, 1.54) is 11.8 Å². The molecule has 1 amide bonds. The van der Waals surface area contributed by atoms with Crippen molar-refractivity contribution in [1.29, 1.82) is 0 Å². The van der Waals surface area contributed by atoms with Gasteiger partial charge >= 0.3 is 0 Å². The first-order valence-electron chi connectivity index (χ1n) is 7.57. The first kappa shape index (κ1) is 16.8. The molecule has 6 heteroatoms. The molecule has 1 aliphatic rings. The van der Waals surface area contributed by atoms with E-state index in [-0.39, 0.29) is 18.6 Å². The molecule has 0 aliphatic carbocycles. The zero-order valence-corrected chi connectivity index (χ0v) is 14.6. The Labute approximate surface area is 150 Å². The molecule has 0 fully saturated rings. The molecular weight excluding hydrogens is 347 g/mol. The Balaban J connectivity index is 1.62. The maximum Gasteiger partial charge on any atom is 0.268 e. The second-order valence-electron chi connectivity index (χ2n) is 5.60. The number of fused-ring (bicyclic) bond motifs is 1. The van der Waals surface area contributed by atoms with Gasteiger partial charge in [0.25, 0.3) is 5.91 Å². The number of nitrogens with zero attached hydrogens (tertiary/aromatic N) is 2. The maximum absolute atomic E-state index is 12.4. The molecule has 4 nitrogen and oxygen atoms in total. The number of halogens is 2. The zero-order chi connectivity index (χ0) is 17.1. The summed E-state index contributed by atoms with van der Waals surface area (Å²) in [6, 6.07) is 13.2. The smallest absolute Gasteiger partial charge is 0.268 e. The van der Waals surface area contributed by atoms with E-state index in [9.17, 15) is 4.79 Å². The van der Waals surface area contributed by atoms with Crippen LogP contribution in [0, 0.1) is 0 Å². The first-order valence-corrected chi connectivity index (χ1v) is 8.33. The summed E-state index contributed by atoms with van der Waals surface area (Å²) in [5, 5.41) is 4.67. The molecule has 3 rings (SSSR count). The molecule has 1 heterocycles. The lowest BCUT2D eigenvalue weighted by Crippen LogP contribution is -2.37. The van der Waals surface area contributed by atoms with E-state index in [1.807, 2.05) is 31.2 Å². The van der Waals surface area contributed by atoms with Gasteiger partial charge in [-0.2, -0.15) is 0 Å². The third-order valence-corrected chi connectivity index (χ3v) is 4.75. The van der Waals surface area contributed by atoms with Crippen molar-refractivity contribution in [1.82, 2.24) is 0 Å². The fraction of sp³-hybridized carbons (Fsp3) is 0.222. The van der Waals surface area contributed by atoms with Crippen LogP contribution in [0.15, 0.2) is 47.6 Å². The normalized spacial score (nSPS) is 16.5. The predicted octanol–water partition coefficient (Wildman–Crippen LogP) is 4.32. The minimum atomic E-state index is -0.132. The van der Waals surface area contributed by atoms with E-state index in [4.69, 9.17) is 28.0 Å². The number of benzene rings is 2. The van der Waals surface area contributed by atoms with Crippen molar-refractivity contribution in [2.45, 2.75) is 19.4 Å². The van der Waals surface area contributed by atoms with E-state index >= 15 is 0 Å². The lowest BCUT2D eigenvalue weighted by Gasteiger charge is -2.21. The number of hydrogen-bond donors (Lipinski definition) is 0. The molecule has 2 aromatic rings. The lowest BCUT2D eigenvalue weighted by molar-refractivity contribution is -0.123. The molecule has 0 saturated carbocycles. The average Bonchev–Trinajstić information content (AvgIpc) is 2.91. The predicted molar refractivity (Wildman–Crippen MR) is 97.1 cm³/mol. The molecule has 1 atom stereocenters. The number of carbonyl (C=O) groups is 1. The van der Waals surface area contributed by atoms with Crippen LogP contribution in [0.3, 0.4) is 0 Å². The van der Waals surface area contributed by atoms with Crippen LogP contribution in [0.2, 0.25) is 10.0 Å². The molecule has 0 unspecified atom stereocenters. The van der Waals surface area contributed by atoms with Crippen LogP contribution >= 0.6 is 23.2 Å².